The first kappa shape index (κ1) is 13.9. The fraction of sp³-hybridized carbons (Fsp3) is 0.625. The van der Waals surface area contributed by atoms with Crippen LogP contribution >= 0.6 is 11.6 Å². The van der Waals surface area contributed by atoms with Crippen molar-refractivity contribution in [1.82, 2.24) is 0 Å². The van der Waals surface area contributed by atoms with E-state index in [9.17, 15) is 0 Å². The zero-order chi connectivity index (χ0) is 12.8. The van der Waals surface area contributed by atoms with Gasteiger partial charge in [-0.1, -0.05) is 23.7 Å². The van der Waals surface area contributed by atoms with Crippen molar-refractivity contribution < 1.29 is 4.74 Å². The van der Waals surface area contributed by atoms with Crippen molar-refractivity contribution >= 4 is 11.6 Å². The molecule has 0 aliphatic heterocycles. The largest absolute Gasteiger partial charge is 0.385 e. The molecule has 18 heavy (non-hydrogen) atoms. The van der Waals surface area contributed by atoms with E-state index in [2.05, 4.69) is 12.1 Å². The third-order valence-corrected chi connectivity index (χ3v) is 4.40. The molecular formula is C16H23ClO. The van der Waals surface area contributed by atoms with Gasteiger partial charge in [-0.15, -0.1) is 0 Å². The lowest BCUT2D eigenvalue weighted by atomic mass is 9.77. The fourth-order valence-corrected chi connectivity index (χ4v) is 3.16. The molecule has 1 nitrogen and oxygen atoms in total. The summed E-state index contributed by atoms with van der Waals surface area (Å²) in [6.45, 7) is 0.914. The van der Waals surface area contributed by atoms with Crippen molar-refractivity contribution in [3.8, 4) is 0 Å². The smallest absolute Gasteiger partial charge is 0.0462 e. The summed E-state index contributed by atoms with van der Waals surface area (Å²) in [4.78, 5) is 0. The lowest BCUT2D eigenvalue weighted by molar-refractivity contribution is 0.180. The van der Waals surface area contributed by atoms with Crippen molar-refractivity contribution in [3.05, 3.63) is 34.9 Å². The average molecular weight is 267 g/mol. The number of halogens is 1. The van der Waals surface area contributed by atoms with Crippen molar-refractivity contribution in [3.63, 3.8) is 0 Å². The third-order valence-electron chi connectivity index (χ3n) is 4.15. The summed E-state index contributed by atoms with van der Waals surface area (Å²) in [6.07, 6.45) is 7.96. The van der Waals surface area contributed by atoms with Crippen LogP contribution in [0.2, 0.25) is 5.02 Å². The predicted molar refractivity (Wildman–Crippen MR) is 77.3 cm³/mol. The van der Waals surface area contributed by atoms with Crippen LogP contribution in [-0.2, 0) is 4.74 Å². The van der Waals surface area contributed by atoms with Gasteiger partial charge < -0.3 is 4.74 Å². The topological polar surface area (TPSA) is 9.23 Å². The molecule has 0 heterocycles. The number of ether oxygens (including phenoxy) is 1. The van der Waals surface area contributed by atoms with E-state index in [1.807, 2.05) is 12.1 Å². The Morgan fingerprint density at radius 1 is 1.11 bits per heavy atom. The molecule has 0 aromatic heterocycles. The molecule has 0 N–H and O–H groups in total. The Balaban J connectivity index is 1.77. The molecule has 1 aromatic carbocycles. The van der Waals surface area contributed by atoms with Crippen LogP contribution in [0, 0.1) is 5.92 Å². The lowest BCUT2D eigenvalue weighted by Crippen LogP contribution is -2.13. The minimum atomic E-state index is 0.751. The molecule has 0 saturated heterocycles. The van der Waals surface area contributed by atoms with Gasteiger partial charge >= 0.3 is 0 Å². The molecule has 1 aliphatic rings. The van der Waals surface area contributed by atoms with Crippen molar-refractivity contribution in [1.29, 1.82) is 0 Å². The predicted octanol–water partition coefficient (Wildman–Crippen LogP) is 5.04. The van der Waals surface area contributed by atoms with Crippen molar-refractivity contribution in [2.75, 3.05) is 13.7 Å². The number of hydrogen-bond acceptors (Lipinski definition) is 1. The molecule has 1 saturated carbocycles. The molecule has 1 fully saturated rings. The Bertz CT molecular complexity index is 339. The number of benzene rings is 1. The Labute approximate surface area is 115 Å². The SMILES string of the molecule is COCCC[C@H]1CC[C@H](c2ccc(Cl)cc2)CC1. The van der Waals surface area contributed by atoms with Crippen molar-refractivity contribution in [2.45, 2.75) is 44.4 Å². The van der Waals surface area contributed by atoms with Gasteiger partial charge in [0, 0.05) is 18.7 Å². The number of hydrogen-bond donors (Lipinski definition) is 0. The van der Waals surface area contributed by atoms with Crippen LogP contribution in [0.15, 0.2) is 24.3 Å². The molecule has 2 rings (SSSR count). The molecule has 0 bridgehead atoms. The molecule has 1 aliphatic carbocycles. The van der Waals surface area contributed by atoms with Crippen LogP contribution in [0.3, 0.4) is 0 Å². The minimum Gasteiger partial charge on any atom is -0.385 e. The van der Waals surface area contributed by atoms with Gasteiger partial charge in [-0.3, -0.25) is 0 Å². The molecule has 0 unspecified atom stereocenters. The van der Waals surface area contributed by atoms with Crippen LogP contribution in [-0.4, -0.2) is 13.7 Å². The Kier molecular flexibility index (Phi) is 5.52. The fourth-order valence-electron chi connectivity index (χ4n) is 3.04. The molecular weight excluding hydrogens is 244 g/mol. The molecule has 1 aromatic rings. The molecule has 2 heteroatoms. The second-order valence-electron chi connectivity index (χ2n) is 5.40. The van der Waals surface area contributed by atoms with E-state index in [-0.39, 0.29) is 0 Å². The number of rotatable bonds is 5. The van der Waals surface area contributed by atoms with E-state index in [1.165, 1.54) is 44.1 Å². The van der Waals surface area contributed by atoms with Crippen LogP contribution in [0.4, 0.5) is 0 Å². The van der Waals surface area contributed by atoms with Gasteiger partial charge in [0.2, 0.25) is 0 Å². The maximum absolute atomic E-state index is 5.93. The lowest BCUT2D eigenvalue weighted by Gasteiger charge is -2.28. The summed E-state index contributed by atoms with van der Waals surface area (Å²) in [5.74, 6) is 1.67. The quantitative estimate of drug-likeness (QED) is 0.679. The Morgan fingerprint density at radius 3 is 2.39 bits per heavy atom. The van der Waals surface area contributed by atoms with Gasteiger partial charge in [-0.25, -0.2) is 0 Å². The van der Waals surface area contributed by atoms with Gasteiger partial charge in [0.05, 0.1) is 0 Å². The summed E-state index contributed by atoms with van der Waals surface area (Å²) in [7, 11) is 1.79. The molecule has 0 spiro atoms. The van der Waals surface area contributed by atoms with Crippen LogP contribution in [0.5, 0.6) is 0 Å². The van der Waals surface area contributed by atoms with Gasteiger partial charge in [-0.05, 0) is 68.1 Å². The maximum Gasteiger partial charge on any atom is 0.0462 e. The summed E-state index contributed by atoms with van der Waals surface area (Å²) < 4.78 is 5.12. The van der Waals surface area contributed by atoms with E-state index in [4.69, 9.17) is 16.3 Å². The van der Waals surface area contributed by atoms with E-state index < -0.39 is 0 Å². The number of methoxy groups -OCH3 is 1. The summed E-state index contributed by atoms with van der Waals surface area (Å²) in [5, 5.41) is 0.840. The first-order valence-electron chi connectivity index (χ1n) is 7.04. The van der Waals surface area contributed by atoms with Crippen LogP contribution in [0.25, 0.3) is 0 Å². The first-order valence-corrected chi connectivity index (χ1v) is 7.42. The van der Waals surface area contributed by atoms with E-state index in [1.54, 1.807) is 7.11 Å². The highest BCUT2D eigenvalue weighted by Crippen LogP contribution is 2.37. The minimum absolute atomic E-state index is 0.751. The normalized spacial score (nSPS) is 24.1. The van der Waals surface area contributed by atoms with Gasteiger partial charge in [0.25, 0.3) is 0 Å². The van der Waals surface area contributed by atoms with E-state index in [0.29, 0.717) is 0 Å². The maximum atomic E-state index is 5.93. The van der Waals surface area contributed by atoms with E-state index in [0.717, 1.165) is 23.5 Å². The molecule has 100 valence electrons. The summed E-state index contributed by atoms with van der Waals surface area (Å²) >= 11 is 5.93. The van der Waals surface area contributed by atoms with Gasteiger partial charge in [-0.2, -0.15) is 0 Å². The van der Waals surface area contributed by atoms with E-state index >= 15 is 0 Å². The van der Waals surface area contributed by atoms with Crippen LogP contribution < -0.4 is 0 Å². The summed E-state index contributed by atoms with van der Waals surface area (Å²) in [6, 6.07) is 8.42. The zero-order valence-corrected chi connectivity index (χ0v) is 12.0. The van der Waals surface area contributed by atoms with Crippen LogP contribution in [0.1, 0.15) is 50.0 Å². The zero-order valence-electron chi connectivity index (χ0n) is 11.2. The summed E-state index contributed by atoms with van der Waals surface area (Å²) in [5.41, 5.74) is 1.47. The average Bonchev–Trinajstić information content (AvgIpc) is 2.41. The third kappa shape index (κ3) is 4.00. The highest BCUT2D eigenvalue weighted by Gasteiger charge is 2.21. The molecule has 0 amide bonds. The highest BCUT2D eigenvalue weighted by molar-refractivity contribution is 6.30. The van der Waals surface area contributed by atoms with Gasteiger partial charge in [0.1, 0.15) is 0 Å². The van der Waals surface area contributed by atoms with Crippen molar-refractivity contribution in [2.24, 2.45) is 5.92 Å². The monoisotopic (exact) mass is 266 g/mol. The highest BCUT2D eigenvalue weighted by atomic mass is 35.5. The molecule has 0 atom stereocenters. The Hall–Kier alpha value is -0.530. The first-order chi connectivity index (χ1) is 8.79. The molecule has 0 radical (unpaired) electrons. The second kappa shape index (κ2) is 7.16. The second-order valence-corrected chi connectivity index (χ2v) is 5.84. The van der Waals surface area contributed by atoms with Gasteiger partial charge in [0.15, 0.2) is 0 Å². The Morgan fingerprint density at radius 2 is 1.78 bits per heavy atom. The standard InChI is InChI=1S/C16H23ClO/c1-18-12-2-3-13-4-6-14(7-5-13)15-8-10-16(17)11-9-15/h8-11,13-14H,2-7,12H2,1H3/t13-,14-.